The fraction of sp³-hybridized carbons (Fsp3) is 0.857. The van der Waals surface area contributed by atoms with E-state index in [0.29, 0.717) is 18.9 Å². The van der Waals surface area contributed by atoms with Crippen LogP contribution in [0.15, 0.2) is 0 Å². The summed E-state index contributed by atoms with van der Waals surface area (Å²) in [4.78, 5) is 36.6. The monoisotopic (exact) mass is 382 g/mol. The number of alkyl carbamates (subject to hydrolysis) is 1. The molecule has 1 aliphatic rings. The average Bonchev–Trinajstić information content (AvgIpc) is 2.70. The molecule has 2 amide bonds. The van der Waals surface area contributed by atoms with Crippen LogP contribution < -0.4 is 11.1 Å². The minimum Gasteiger partial charge on any atom is -0.449 e. The summed E-state index contributed by atoms with van der Waals surface area (Å²) >= 11 is 0. The third-order valence-electron chi connectivity index (χ3n) is 5.24. The lowest BCUT2D eigenvalue weighted by atomic mass is 9.80. The Labute approximate surface area is 164 Å². The van der Waals surface area contributed by atoms with Crippen LogP contribution in [0.1, 0.15) is 73.6 Å². The van der Waals surface area contributed by atoms with Gasteiger partial charge in [-0.2, -0.15) is 0 Å². The summed E-state index contributed by atoms with van der Waals surface area (Å²) < 4.78 is 5.19. The summed E-state index contributed by atoms with van der Waals surface area (Å²) in [6.07, 6.45) is 3.12. The second-order valence-corrected chi connectivity index (χ2v) is 9.73. The Morgan fingerprint density at radius 3 is 2.30 bits per heavy atom. The Kier molecular flexibility index (Phi) is 8.76. The number of hydrogen-bond donors (Lipinski definition) is 2. The van der Waals surface area contributed by atoms with Crippen LogP contribution in [0.25, 0.3) is 0 Å². The molecule has 3 N–H and O–H groups in total. The smallest absolute Gasteiger partial charge is 0.407 e. The molecule has 1 aliphatic carbocycles. The number of rotatable bonds is 7. The zero-order valence-electron chi connectivity index (χ0n) is 17.8. The molecule has 0 saturated heterocycles. The molecule has 0 aromatic carbocycles. The minimum atomic E-state index is -0.595. The minimum absolute atomic E-state index is 0.0266. The van der Waals surface area contributed by atoms with Crippen molar-refractivity contribution in [2.75, 3.05) is 6.61 Å². The van der Waals surface area contributed by atoms with E-state index in [2.05, 4.69) is 12.2 Å². The first-order valence-corrected chi connectivity index (χ1v) is 10.2. The molecular weight excluding hydrogens is 344 g/mol. The number of hydrogen-bond acceptors (Lipinski definition) is 4. The molecule has 0 heterocycles. The van der Waals surface area contributed by atoms with Crippen LogP contribution in [0.5, 0.6) is 0 Å². The molecule has 4 atom stereocenters. The van der Waals surface area contributed by atoms with Gasteiger partial charge in [0.25, 0.3) is 0 Å². The van der Waals surface area contributed by atoms with Crippen LogP contribution in [0.3, 0.4) is 0 Å². The highest BCUT2D eigenvalue weighted by molar-refractivity contribution is 5.88. The van der Waals surface area contributed by atoms with E-state index >= 15 is 0 Å². The summed E-state index contributed by atoms with van der Waals surface area (Å²) in [5.41, 5.74) is 5.09. The van der Waals surface area contributed by atoms with E-state index in [1.54, 1.807) is 0 Å². The van der Waals surface area contributed by atoms with Crippen molar-refractivity contribution in [1.82, 2.24) is 5.32 Å². The molecule has 0 spiro atoms. The first-order valence-electron chi connectivity index (χ1n) is 10.2. The molecule has 0 aromatic heterocycles. The second kappa shape index (κ2) is 10.1. The Hall–Kier alpha value is -1.59. The summed E-state index contributed by atoms with van der Waals surface area (Å²) in [6, 6.07) is -0.595. The third kappa shape index (κ3) is 8.31. The van der Waals surface area contributed by atoms with Crippen LogP contribution >= 0.6 is 0 Å². The summed E-state index contributed by atoms with van der Waals surface area (Å²) in [6.45, 7) is 12.2. The highest BCUT2D eigenvalue weighted by Gasteiger charge is 2.35. The Morgan fingerprint density at radius 2 is 1.78 bits per heavy atom. The van der Waals surface area contributed by atoms with Gasteiger partial charge in [0.15, 0.2) is 5.78 Å². The standard InChI is InChI=1S/C21H38N2O4/c1-13(2)12-27-20(26)23-18(21(4,5)6)17(24)11-15-7-8-16(19(22)25)10-14(3)9-15/h13-16,18H,7-12H2,1-6H3,(H2,22,25)(H,23,26)/t14-,15?,16+,18?/m1/s1. The fourth-order valence-corrected chi connectivity index (χ4v) is 3.85. The number of carbonyl (C=O) groups is 3. The summed E-state index contributed by atoms with van der Waals surface area (Å²) in [5, 5.41) is 2.77. The average molecular weight is 383 g/mol. The van der Waals surface area contributed by atoms with Gasteiger partial charge < -0.3 is 15.8 Å². The van der Waals surface area contributed by atoms with Crippen LogP contribution in [-0.4, -0.2) is 30.4 Å². The highest BCUT2D eigenvalue weighted by Crippen LogP contribution is 2.34. The lowest BCUT2D eigenvalue weighted by molar-refractivity contribution is -0.124. The van der Waals surface area contributed by atoms with Gasteiger partial charge in [-0.3, -0.25) is 9.59 Å². The largest absolute Gasteiger partial charge is 0.449 e. The first-order chi connectivity index (χ1) is 12.4. The number of ether oxygens (including phenoxy) is 1. The van der Waals surface area contributed by atoms with Crippen molar-refractivity contribution < 1.29 is 19.1 Å². The molecule has 0 aliphatic heterocycles. The Bertz CT molecular complexity index is 525. The van der Waals surface area contributed by atoms with Gasteiger partial charge in [0.1, 0.15) is 0 Å². The van der Waals surface area contributed by atoms with Crippen LogP contribution in [0, 0.1) is 29.1 Å². The summed E-state index contributed by atoms with van der Waals surface area (Å²) in [7, 11) is 0. The number of primary amides is 1. The molecule has 1 fully saturated rings. The van der Waals surface area contributed by atoms with E-state index in [9.17, 15) is 14.4 Å². The molecule has 1 rings (SSSR count). The van der Waals surface area contributed by atoms with Gasteiger partial charge in [-0.25, -0.2) is 4.79 Å². The second-order valence-electron chi connectivity index (χ2n) is 9.73. The van der Waals surface area contributed by atoms with E-state index < -0.39 is 17.6 Å². The van der Waals surface area contributed by atoms with Gasteiger partial charge in [0.05, 0.1) is 12.6 Å². The molecule has 1 saturated carbocycles. The lowest BCUT2D eigenvalue weighted by Crippen LogP contribution is -2.49. The van der Waals surface area contributed by atoms with E-state index in [4.69, 9.17) is 10.5 Å². The molecule has 0 radical (unpaired) electrons. The molecule has 0 aromatic rings. The third-order valence-corrected chi connectivity index (χ3v) is 5.24. The van der Waals surface area contributed by atoms with Gasteiger partial charge in [-0.05, 0) is 48.9 Å². The number of nitrogens with one attached hydrogen (secondary N) is 1. The molecule has 156 valence electrons. The molecule has 6 nitrogen and oxygen atoms in total. The zero-order valence-corrected chi connectivity index (χ0v) is 17.8. The number of nitrogens with two attached hydrogens (primary N) is 1. The molecule has 27 heavy (non-hydrogen) atoms. The van der Waals surface area contributed by atoms with E-state index in [1.807, 2.05) is 34.6 Å². The lowest BCUT2D eigenvalue weighted by Gasteiger charge is -2.31. The first kappa shape index (κ1) is 23.4. The molecule has 2 unspecified atom stereocenters. The number of Topliss-reactive ketones (excluding diaryl/α,β-unsaturated/α-hetero) is 1. The van der Waals surface area contributed by atoms with Crippen molar-refractivity contribution in [1.29, 1.82) is 0 Å². The SMILES string of the molecule is CC(C)COC(=O)NC(C(=O)CC1CC[C@H](C(N)=O)C[C@H](C)C1)C(C)(C)C. The topological polar surface area (TPSA) is 98.5 Å². The van der Waals surface area contributed by atoms with Crippen LogP contribution in [0.2, 0.25) is 0 Å². The quantitative estimate of drug-likeness (QED) is 0.656. The predicted molar refractivity (Wildman–Crippen MR) is 106 cm³/mol. The number of ketones is 1. The van der Waals surface area contributed by atoms with E-state index in [-0.39, 0.29) is 29.4 Å². The highest BCUT2D eigenvalue weighted by atomic mass is 16.5. The Morgan fingerprint density at radius 1 is 1.15 bits per heavy atom. The van der Waals surface area contributed by atoms with Crippen molar-refractivity contribution in [2.24, 2.45) is 34.8 Å². The van der Waals surface area contributed by atoms with Gasteiger partial charge in [0.2, 0.25) is 5.91 Å². The normalized spacial score (nSPS) is 24.8. The molecular formula is C21H38N2O4. The van der Waals surface area contributed by atoms with Crippen molar-refractivity contribution in [3.05, 3.63) is 0 Å². The van der Waals surface area contributed by atoms with E-state index in [0.717, 1.165) is 25.7 Å². The Balaban J connectivity index is 2.73. The van der Waals surface area contributed by atoms with Gasteiger partial charge in [0, 0.05) is 12.3 Å². The van der Waals surface area contributed by atoms with Crippen LogP contribution in [-0.2, 0) is 14.3 Å². The number of carbonyl (C=O) groups excluding carboxylic acids is 3. The maximum absolute atomic E-state index is 13.0. The number of amides is 2. The maximum Gasteiger partial charge on any atom is 0.407 e. The van der Waals surface area contributed by atoms with Crippen molar-refractivity contribution in [3.63, 3.8) is 0 Å². The maximum atomic E-state index is 13.0. The predicted octanol–water partition coefficient (Wildman–Crippen LogP) is 3.67. The van der Waals surface area contributed by atoms with E-state index in [1.165, 1.54) is 0 Å². The van der Waals surface area contributed by atoms with Crippen LogP contribution in [0.4, 0.5) is 4.79 Å². The van der Waals surface area contributed by atoms with Gasteiger partial charge in [-0.15, -0.1) is 0 Å². The fourth-order valence-electron chi connectivity index (χ4n) is 3.85. The van der Waals surface area contributed by atoms with Crippen molar-refractivity contribution >= 4 is 17.8 Å². The van der Waals surface area contributed by atoms with Gasteiger partial charge in [-0.1, -0.05) is 41.5 Å². The molecule has 0 bridgehead atoms. The van der Waals surface area contributed by atoms with Gasteiger partial charge >= 0.3 is 6.09 Å². The van der Waals surface area contributed by atoms with Crippen molar-refractivity contribution in [3.8, 4) is 0 Å². The zero-order chi connectivity index (χ0) is 20.8. The summed E-state index contributed by atoms with van der Waals surface area (Å²) in [5.74, 6) is 0.512. The molecule has 6 heteroatoms. The van der Waals surface area contributed by atoms with Crippen molar-refractivity contribution in [2.45, 2.75) is 79.7 Å².